The van der Waals surface area contributed by atoms with Crippen LogP contribution in [0.3, 0.4) is 0 Å². The number of ether oxygens (including phenoxy) is 1. The fourth-order valence-electron chi connectivity index (χ4n) is 4.16. The van der Waals surface area contributed by atoms with E-state index in [9.17, 15) is 14.4 Å². The Hall–Kier alpha value is -3.47. The SMILES string of the molecule is COc1cccc(CNC(=O)Cn2cnc3nc(N4CCC(C(=O)NC5CC5)CC4)sc3c2=O)c1. The highest BCUT2D eigenvalue weighted by molar-refractivity contribution is 7.22. The molecule has 3 aromatic rings. The van der Waals surface area contributed by atoms with E-state index in [2.05, 4.69) is 25.5 Å². The van der Waals surface area contributed by atoms with Gasteiger partial charge in [-0.2, -0.15) is 4.98 Å². The Bertz CT molecular complexity index is 1290. The summed E-state index contributed by atoms with van der Waals surface area (Å²) >= 11 is 1.29. The number of rotatable bonds is 8. The number of carbonyl (C=O) groups excluding carboxylic acids is 2. The molecule has 3 heterocycles. The molecular formula is C24H28N6O4S. The van der Waals surface area contributed by atoms with E-state index in [0.29, 0.717) is 36.0 Å². The van der Waals surface area contributed by atoms with Crippen molar-refractivity contribution < 1.29 is 14.3 Å². The van der Waals surface area contributed by atoms with Crippen molar-refractivity contribution >= 4 is 38.6 Å². The first-order valence-electron chi connectivity index (χ1n) is 11.8. The first kappa shape index (κ1) is 23.3. The molecule has 1 saturated carbocycles. The third-order valence-electron chi connectivity index (χ3n) is 6.37. The Morgan fingerprint density at radius 1 is 1.20 bits per heavy atom. The number of hydrogen-bond acceptors (Lipinski definition) is 8. The van der Waals surface area contributed by atoms with E-state index < -0.39 is 0 Å². The van der Waals surface area contributed by atoms with Gasteiger partial charge in [0.2, 0.25) is 11.8 Å². The van der Waals surface area contributed by atoms with Gasteiger partial charge in [-0.05, 0) is 43.4 Å². The van der Waals surface area contributed by atoms with Crippen LogP contribution in [0.4, 0.5) is 5.13 Å². The van der Waals surface area contributed by atoms with Crippen molar-refractivity contribution in [3.63, 3.8) is 0 Å². The standard InChI is InChI=1S/C24H28N6O4S/c1-34-18-4-2-3-15(11-18)12-25-19(31)13-30-14-26-21-20(23(30)33)35-24(28-21)29-9-7-16(8-10-29)22(32)27-17-5-6-17/h2-4,11,14,16-17H,5-10,12-13H2,1H3,(H,25,31)(H,27,32). The highest BCUT2D eigenvalue weighted by Gasteiger charge is 2.30. The fourth-order valence-corrected chi connectivity index (χ4v) is 5.18. The molecule has 1 aliphatic carbocycles. The molecule has 0 unspecified atom stereocenters. The minimum absolute atomic E-state index is 0.0343. The Labute approximate surface area is 206 Å². The summed E-state index contributed by atoms with van der Waals surface area (Å²) in [4.78, 5) is 48.7. The number of aromatic nitrogens is 3. The Kier molecular flexibility index (Phi) is 6.67. The second-order valence-corrected chi connectivity index (χ2v) is 9.98. The maximum atomic E-state index is 13.0. The summed E-state index contributed by atoms with van der Waals surface area (Å²) in [5.41, 5.74) is 1.00. The number of anilines is 1. The zero-order valence-corrected chi connectivity index (χ0v) is 20.3. The molecule has 2 aromatic heterocycles. The van der Waals surface area contributed by atoms with Crippen LogP contribution in [0.1, 0.15) is 31.2 Å². The van der Waals surface area contributed by atoms with Gasteiger partial charge in [-0.3, -0.25) is 19.0 Å². The first-order valence-corrected chi connectivity index (χ1v) is 12.6. The predicted octanol–water partition coefficient (Wildman–Crippen LogP) is 1.67. The summed E-state index contributed by atoms with van der Waals surface area (Å²) in [7, 11) is 1.59. The third kappa shape index (κ3) is 5.45. The van der Waals surface area contributed by atoms with E-state index in [1.165, 1.54) is 22.2 Å². The molecule has 2 fully saturated rings. The summed E-state index contributed by atoms with van der Waals surface area (Å²) in [6.07, 6.45) is 5.07. The quantitative estimate of drug-likeness (QED) is 0.487. The highest BCUT2D eigenvalue weighted by Crippen LogP contribution is 2.30. The number of nitrogens with zero attached hydrogens (tertiary/aromatic N) is 4. The van der Waals surface area contributed by atoms with Crippen LogP contribution < -0.4 is 25.8 Å². The number of amides is 2. The zero-order valence-electron chi connectivity index (χ0n) is 19.5. The maximum absolute atomic E-state index is 13.0. The van der Waals surface area contributed by atoms with Crippen LogP contribution >= 0.6 is 11.3 Å². The molecule has 184 valence electrons. The van der Waals surface area contributed by atoms with Crippen LogP contribution in [0.25, 0.3) is 10.3 Å². The number of hydrogen-bond donors (Lipinski definition) is 2. The largest absolute Gasteiger partial charge is 0.497 e. The molecule has 0 atom stereocenters. The second-order valence-electron chi connectivity index (χ2n) is 9.00. The molecule has 0 radical (unpaired) electrons. The fraction of sp³-hybridized carbons (Fsp3) is 0.458. The number of methoxy groups -OCH3 is 1. The van der Waals surface area contributed by atoms with Crippen molar-refractivity contribution in [2.24, 2.45) is 5.92 Å². The molecule has 1 aromatic carbocycles. The lowest BCUT2D eigenvalue weighted by molar-refractivity contribution is -0.125. The molecule has 35 heavy (non-hydrogen) atoms. The lowest BCUT2D eigenvalue weighted by atomic mass is 9.96. The number of carbonyl (C=O) groups is 2. The molecule has 2 N–H and O–H groups in total. The topological polar surface area (TPSA) is 118 Å². The molecule has 10 nitrogen and oxygen atoms in total. The van der Waals surface area contributed by atoms with Crippen LogP contribution in [0.2, 0.25) is 0 Å². The molecule has 0 spiro atoms. The number of fused-ring (bicyclic) bond motifs is 1. The van der Waals surface area contributed by atoms with Crippen molar-refractivity contribution in [2.45, 2.75) is 44.8 Å². The number of thiazole rings is 1. The van der Waals surface area contributed by atoms with Gasteiger partial charge in [-0.1, -0.05) is 23.5 Å². The number of nitrogens with one attached hydrogen (secondary N) is 2. The molecule has 2 amide bonds. The molecule has 2 aliphatic rings. The molecular weight excluding hydrogens is 468 g/mol. The molecule has 5 rings (SSSR count). The normalized spacial score (nSPS) is 16.3. The van der Waals surface area contributed by atoms with Crippen LogP contribution in [0, 0.1) is 5.92 Å². The van der Waals surface area contributed by atoms with Crippen LogP contribution in [-0.2, 0) is 22.7 Å². The van der Waals surface area contributed by atoms with Crippen molar-refractivity contribution in [3.8, 4) is 5.75 Å². The van der Waals surface area contributed by atoms with E-state index in [0.717, 1.165) is 42.1 Å². The molecule has 11 heteroatoms. The summed E-state index contributed by atoms with van der Waals surface area (Å²) in [6, 6.07) is 7.81. The van der Waals surface area contributed by atoms with Gasteiger partial charge >= 0.3 is 0 Å². The van der Waals surface area contributed by atoms with E-state index in [4.69, 9.17) is 4.74 Å². The smallest absolute Gasteiger partial charge is 0.273 e. The number of piperidine rings is 1. The van der Waals surface area contributed by atoms with Gasteiger partial charge in [-0.25, -0.2) is 4.98 Å². The summed E-state index contributed by atoms with van der Waals surface area (Å²) < 4.78 is 6.93. The minimum Gasteiger partial charge on any atom is -0.497 e. The van der Waals surface area contributed by atoms with E-state index in [-0.39, 0.29) is 29.8 Å². The summed E-state index contributed by atoms with van der Waals surface area (Å²) in [5.74, 6) is 0.625. The minimum atomic E-state index is -0.285. The van der Waals surface area contributed by atoms with Crippen LogP contribution in [0.5, 0.6) is 5.75 Å². The maximum Gasteiger partial charge on any atom is 0.273 e. The van der Waals surface area contributed by atoms with Gasteiger partial charge in [0.05, 0.1) is 7.11 Å². The van der Waals surface area contributed by atoms with Crippen molar-refractivity contribution in [2.75, 3.05) is 25.1 Å². The zero-order chi connectivity index (χ0) is 24.4. The van der Waals surface area contributed by atoms with E-state index >= 15 is 0 Å². The van der Waals surface area contributed by atoms with Crippen molar-refractivity contribution in [3.05, 3.63) is 46.5 Å². The van der Waals surface area contributed by atoms with Gasteiger partial charge in [-0.15, -0.1) is 0 Å². The lowest BCUT2D eigenvalue weighted by Crippen LogP contribution is -2.41. The Morgan fingerprint density at radius 2 is 2.00 bits per heavy atom. The van der Waals surface area contributed by atoms with E-state index in [1.807, 2.05) is 24.3 Å². The molecule has 1 saturated heterocycles. The predicted molar refractivity (Wildman–Crippen MR) is 133 cm³/mol. The van der Waals surface area contributed by atoms with Gasteiger partial charge in [0, 0.05) is 31.6 Å². The van der Waals surface area contributed by atoms with Crippen LogP contribution in [-0.4, -0.2) is 52.6 Å². The second kappa shape index (κ2) is 10.0. The van der Waals surface area contributed by atoms with Crippen LogP contribution in [0.15, 0.2) is 35.4 Å². The summed E-state index contributed by atoms with van der Waals surface area (Å²) in [6.45, 7) is 1.63. The van der Waals surface area contributed by atoms with E-state index in [1.54, 1.807) is 7.11 Å². The monoisotopic (exact) mass is 496 g/mol. The number of benzene rings is 1. The Balaban J connectivity index is 1.20. The average molecular weight is 497 g/mol. The van der Waals surface area contributed by atoms with Gasteiger partial charge < -0.3 is 20.3 Å². The summed E-state index contributed by atoms with van der Waals surface area (Å²) in [5, 5.41) is 6.64. The molecule has 1 aliphatic heterocycles. The third-order valence-corrected chi connectivity index (χ3v) is 7.46. The van der Waals surface area contributed by atoms with Crippen molar-refractivity contribution in [1.29, 1.82) is 0 Å². The van der Waals surface area contributed by atoms with Gasteiger partial charge in [0.15, 0.2) is 10.8 Å². The van der Waals surface area contributed by atoms with Gasteiger partial charge in [0.1, 0.15) is 23.3 Å². The Morgan fingerprint density at radius 3 is 2.74 bits per heavy atom. The average Bonchev–Trinajstić information content (AvgIpc) is 3.59. The van der Waals surface area contributed by atoms with Crippen molar-refractivity contribution in [1.82, 2.24) is 25.2 Å². The lowest BCUT2D eigenvalue weighted by Gasteiger charge is -2.30. The molecule has 0 bridgehead atoms. The van der Waals surface area contributed by atoms with Gasteiger partial charge in [0.25, 0.3) is 5.56 Å². The first-order chi connectivity index (χ1) is 17.0. The highest BCUT2D eigenvalue weighted by atomic mass is 32.1.